The highest BCUT2D eigenvalue weighted by molar-refractivity contribution is 5.27. The SMILES string of the molecule is COCCOc1ccc(CN2CCN[C@H](C)C2)cc1. The Labute approximate surface area is 115 Å². The van der Waals surface area contributed by atoms with Crippen molar-refractivity contribution in [2.24, 2.45) is 0 Å². The van der Waals surface area contributed by atoms with Gasteiger partial charge in [-0.2, -0.15) is 0 Å². The van der Waals surface area contributed by atoms with Gasteiger partial charge in [-0.3, -0.25) is 4.90 Å². The van der Waals surface area contributed by atoms with Crippen molar-refractivity contribution in [3.8, 4) is 5.75 Å². The van der Waals surface area contributed by atoms with Crippen molar-refractivity contribution in [2.75, 3.05) is 40.0 Å². The number of rotatable bonds is 6. The number of ether oxygens (including phenoxy) is 2. The summed E-state index contributed by atoms with van der Waals surface area (Å²) in [6.45, 7) is 7.80. The first-order valence-electron chi connectivity index (χ1n) is 6.94. The number of methoxy groups -OCH3 is 1. The van der Waals surface area contributed by atoms with E-state index in [1.54, 1.807) is 7.11 Å². The molecule has 1 fully saturated rings. The van der Waals surface area contributed by atoms with E-state index >= 15 is 0 Å². The minimum absolute atomic E-state index is 0.588. The van der Waals surface area contributed by atoms with Crippen molar-refractivity contribution in [3.05, 3.63) is 29.8 Å². The van der Waals surface area contributed by atoms with Crippen LogP contribution in [-0.2, 0) is 11.3 Å². The molecule has 0 radical (unpaired) electrons. The fourth-order valence-corrected chi connectivity index (χ4v) is 2.35. The highest BCUT2D eigenvalue weighted by atomic mass is 16.5. The van der Waals surface area contributed by atoms with Crippen LogP contribution < -0.4 is 10.1 Å². The van der Waals surface area contributed by atoms with Crippen LogP contribution in [0.15, 0.2) is 24.3 Å². The lowest BCUT2D eigenvalue weighted by molar-refractivity contribution is 0.146. The third-order valence-corrected chi connectivity index (χ3v) is 3.34. The standard InChI is InChI=1S/C15H24N2O2/c1-13-11-17(8-7-16-13)12-14-3-5-15(6-4-14)19-10-9-18-2/h3-6,13,16H,7-12H2,1-2H3/t13-/m1/s1. The Morgan fingerprint density at radius 3 is 2.74 bits per heavy atom. The van der Waals surface area contributed by atoms with E-state index in [1.807, 2.05) is 12.1 Å². The maximum atomic E-state index is 5.56. The molecule has 106 valence electrons. The Morgan fingerprint density at radius 2 is 2.05 bits per heavy atom. The maximum absolute atomic E-state index is 5.56. The van der Waals surface area contributed by atoms with Gasteiger partial charge in [0.1, 0.15) is 12.4 Å². The average Bonchev–Trinajstić information content (AvgIpc) is 2.41. The molecule has 0 aromatic heterocycles. The lowest BCUT2D eigenvalue weighted by Gasteiger charge is -2.31. The zero-order valence-electron chi connectivity index (χ0n) is 11.9. The van der Waals surface area contributed by atoms with E-state index in [9.17, 15) is 0 Å². The number of hydrogen-bond donors (Lipinski definition) is 1. The minimum Gasteiger partial charge on any atom is -0.491 e. The minimum atomic E-state index is 0.588. The van der Waals surface area contributed by atoms with Crippen molar-refractivity contribution in [2.45, 2.75) is 19.5 Å². The number of nitrogens with zero attached hydrogens (tertiary/aromatic N) is 1. The van der Waals surface area contributed by atoms with E-state index in [2.05, 4.69) is 29.3 Å². The number of piperazine rings is 1. The molecule has 1 heterocycles. The third kappa shape index (κ3) is 4.82. The van der Waals surface area contributed by atoms with Crippen molar-refractivity contribution in [1.82, 2.24) is 10.2 Å². The first kappa shape index (κ1) is 14.3. The second kappa shape index (κ2) is 7.48. The summed E-state index contributed by atoms with van der Waals surface area (Å²) in [5.41, 5.74) is 1.34. The van der Waals surface area contributed by atoms with E-state index in [4.69, 9.17) is 9.47 Å². The molecule has 2 rings (SSSR count). The molecule has 1 aliphatic rings. The molecule has 0 spiro atoms. The number of hydrogen-bond acceptors (Lipinski definition) is 4. The highest BCUT2D eigenvalue weighted by Gasteiger charge is 2.15. The lowest BCUT2D eigenvalue weighted by atomic mass is 10.1. The molecule has 0 bridgehead atoms. The Balaban J connectivity index is 1.81. The van der Waals surface area contributed by atoms with Gasteiger partial charge in [0.15, 0.2) is 0 Å². The highest BCUT2D eigenvalue weighted by Crippen LogP contribution is 2.14. The molecule has 1 aromatic rings. The largest absolute Gasteiger partial charge is 0.491 e. The maximum Gasteiger partial charge on any atom is 0.119 e. The molecule has 0 aliphatic carbocycles. The summed E-state index contributed by atoms with van der Waals surface area (Å²) < 4.78 is 10.5. The third-order valence-electron chi connectivity index (χ3n) is 3.34. The van der Waals surface area contributed by atoms with Crippen LogP contribution in [-0.4, -0.2) is 50.9 Å². The molecular formula is C15H24N2O2. The van der Waals surface area contributed by atoms with Gasteiger partial charge in [-0.1, -0.05) is 12.1 Å². The van der Waals surface area contributed by atoms with Crippen LogP contribution in [0.25, 0.3) is 0 Å². The predicted octanol–water partition coefficient (Wildman–Crippen LogP) is 1.51. The molecule has 1 aromatic carbocycles. The van der Waals surface area contributed by atoms with Crippen LogP contribution in [0, 0.1) is 0 Å². The summed E-state index contributed by atoms with van der Waals surface area (Å²) in [5.74, 6) is 0.912. The van der Waals surface area contributed by atoms with Gasteiger partial charge in [0.25, 0.3) is 0 Å². The summed E-state index contributed by atoms with van der Waals surface area (Å²) >= 11 is 0. The summed E-state index contributed by atoms with van der Waals surface area (Å²) in [7, 11) is 1.68. The molecular weight excluding hydrogens is 240 g/mol. The van der Waals surface area contributed by atoms with Gasteiger partial charge in [0.2, 0.25) is 0 Å². The van der Waals surface area contributed by atoms with Gasteiger partial charge >= 0.3 is 0 Å². The Kier molecular flexibility index (Phi) is 5.63. The zero-order chi connectivity index (χ0) is 13.5. The first-order valence-corrected chi connectivity index (χ1v) is 6.94. The molecule has 0 unspecified atom stereocenters. The van der Waals surface area contributed by atoms with Gasteiger partial charge in [-0.15, -0.1) is 0 Å². The van der Waals surface area contributed by atoms with Crippen molar-refractivity contribution < 1.29 is 9.47 Å². The Bertz CT molecular complexity index is 367. The fraction of sp³-hybridized carbons (Fsp3) is 0.600. The van der Waals surface area contributed by atoms with Crippen LogP contribution in [0.2, 0.25) is 0 Å². The lowest BCUT2D eigenvalue weighted by Crippen LogP contribution is -2.48. The molecule has 19 heavy (non-hydrogen) atoms. The molecule has 1 atom stereocenters. The molecule has 1 saturated heterocycles. The molecule has 1 aliphatic heterocycles. The Hall–Kier alpha value is -1.10. The predicted molar refractivity (Wildman–Crippen MR) is 76.6 cm³/mol. The van der Waals surface area contributed by atoms with Crippen molar-refractivity contribution in [3.63, 3.8) is 0 Å². The summed E-state index contributed by atoms with van der Waals surface area (Å²) in [5, 5.41) is 3.46. The van der Waals surface area contributed by atoms with E-state index in [0.29, 0.717) is 19.3 Å². The smallest absolute Gasteiger partial charge is 0.119 e. The van der Waals surface area contributed by atoms with Crippen molar-refractivity contribution in [1.29, 1.82) is 0 Å². The van der Waals surface area contributed by atoms with Gasteiger partial charge in [-0.05, 0) is 24.6 Å². The molecule has 1 N–H and O–H groups in total. The molecule has 0 saturated carbocycles. The van der Waals surface area contributed by atoms with Crippen molar-refractivity contribution >= 4 is 0 Å². The second-order valence-corrected chi connectivity index (χ2v) is 5.08. The second-order valence-electron chi connectivity index (χ2n) is 5.08. The van der Waals surface area contributed by atoms with Crippen LogP contribution in [0.5, 0.6) is 5.75 Å². The molecule has 4 heteroatoms. The summed E-state index contributed by atoms with van der Waals surface area (Å²) in [4.78, 5) is 2.49. The van der Waals surface area contributed by atoms with E-state index in [1.165, 1.54) is 5.56 Å². The quantitative estimate of drug-likeness (QED) is 0.790. The van der Waals surface area contributed by atoms with Gasteiger partial charge in [0, 0.05) is 39.3 Å². The number of nitrogens with one attached hydrogen (secondary N) is 1. The van der Waals surface area contributed by atoms with Crippen LogP contribution >= 0.6 is 0 Å². The number of benzene rings is 1. The average molecular weight is 264 g/mol. The Morgan fingerprint density at radius 1 is 1.26 bits per heavy atom. The molecule has 0 amide bonds. The van der Waals surface area contributed by atoms with Gasteiger partial charge < -0.3 is 14.8 Å². The zero-order valence-corrected chi connectivity index (χ0v) is 11.9. The monoisotopic (exact) mass is 264 g/mol. The van der Waals surface area contributed by atoms with Gasteiger partial charge in [0.05, 0.1) is 6.61 Å². The van der Waals surface area contributed by atoms with E-state index in [0.717, 1.165) is 31.9 Å². The molecule has 4 nitrogen and oxygen atoms in total. The van der Waals surface area contributed by atoms with E-state index in [-0.39, 0.29) is 0 Å². The summed E-state index contributed by atoms with van der Waals surface area (Å²) in [6, 6.07) is 8.96. The topological polar surface area (TPSA) is 33.7 Å². The fourth-order valence-electron chi connectivity index (χ4n) is 2.35. The normalized spacial score (nSPS) is 20.4. The first-order chi connectivity index (χ1) is 9.28. The van der Waals surface area contributed by atoms with Crippen LogP contribution in [0.1, 0.15) is 12.5 Å². The van der Waals surface area contributed by atoms with Gasteiger partial charge in [-0.25, -0.2) is 0 Å². The van der Waals surface area contributed by atoms with Crippen LogP contribution in [0.4, 0.5) is 0 Å². The van der Waals surface area contributed by atoms with Crippen LogP contribution in [0.3, 0.4) is 0 Å². The van der Waals surface area contributed by atoms with E-state index < -0.39 is 0 Å². The summed E-state index contributed by atoms with van der Waals surface area (Å²) in [6.07, 6.45) is 0.